The zero-order chi connectivity index (χ0) is 6.27. The van der Waals surface area contributed by atoms with Crippen molar-refractivity contribution in [3.63, 3.8) is 0 Å². The zero-order valence-corrected chi connectivity index (χ0v) is 6.14. The largest absolute Gasteiger partial charge is 0.298 e. The Labute approximate surface area is 57.0 Å². The van der Waals surface area contributed by atoms with Gasteiger partial charge >= 0.3 is 0 Å². The molecule has 1 saturated heterocycles. The summed E-state index contributed by atoms with van der Waals surface area (Å²) in [6, 6.07) is 1.90. The van der Waals surface area contributed by atoms with Crippen molar-refractivity contribution in [2.24, 2.45) is 0 Å². The number of nitrogens with zero attached hydrogens (tertiary/aromatic N) is 1. The van der Waals surface area contributed by atoms with Gasteiger partial charge in [0.2, 0.25) is 0 Å². The molecule has 1 atom stereocenters. The Kier molecular flexibility index (Phi) is 1.26. The Balaban J connectivity index is 1.93. The minimum Gasteiger partial charge on any atom is -0.298 e. The van der Waals surface area contributed by atoms with Crippen molar-refractivity contribution < 1.29 is 0 Å². The van der Waals surface area contributed by atoms with Gasteiger partial charge in [0.25, 0.3) is 0 Å². The summed E-state index contributed by atoms with van der Waals surface area (Å²) in [4.78, 5) is 2.68. The van der Waals surface area contributed by atoms with Crippen LogP contribution in [0.1, 0.15) is 32.6 Å². The van der Waals surface area contributed by atoms with Crippen LogP contribution in [0.5, 0.6) is 0 Å². The molecule has 1 heterocycles. The molecule has 0 amide bonds. The van der Waals surface area contributed by atoms with Crippen molar-refractivity contribution in [1.29, 1.82) is 0 Å². The molecule has 2 fully saturated rings. The fourth-order valence-corrected chi connectivity index (χ4v) is 1.90. The Morgan fingerprint density at radius 1 is 1.22 bits per heavy atom. The number of hydrogen-bond donors (Lipinski definition) is 0. The van der Waals surface area contributed by atoms with Gasteiger partial charge in [-0.1, -0.05) is 0 Å². The van der Waals surface area contributed by atoms with E-state index in [1.165, 1.54) is 32.2 Å². The Bertz CT molecular complexity index is 107. The third-order valence-electron chi connectivity index (χ3n) is 2.62. The first-order valence-electron chi connectivity index (χ1n) is 4.13. The molecule has 0 aromatic heterocycles. The highest BCUT2D eigenvalue weighted by molar-refractivity contribution is 4.90. The van der Waals surface area contributed by atoms with E-state index in [2.05, 4.69) is 11.8 Å². The van der Waals surface area contributed by atoms with Gasteiger partial charge in [-0.2, -0.15) is 0 Å². The lowest BCUT2D eigenvalue weighted by Crippen LogP contribution is -2.28. The fraction of sp³-hybridized carbons (Fsp3) is 1.00. The van der Waals surface area contributed by atoms with E-state index in [1.54, 1.807) is 0 Å². The van der Waals surface area contributed by atoms with Gasteiger partial charge in [-0.05, 0) is 39.2 Å². The standard InChI is InChI=1S/C8H15N/c1-7-3-2-6-9(7)8-4-5-8/h7-8H,2-6H2,1H3. The topological polar surface area (TPSA) is 3.24 Å². The SMILES string of the molecule is CC1CCCN1C1CC1. The summed E-state index contributed by atoms with van der Waals surface area (Å²) in [7, 11) is 0. The van der Waals surface area contributed by atoms with E-state index in [1.807, 2.05) is 0 Å². The van der Waals surface area contributed by atoms with Gasteiger partial charge in [0, 0.05) is 12.1 Å². The third kappa shape index (κ3) is 0.983. The predicted octanol–water partition coefficient (Wildman–Crippen LogP) is 1.63. The van der Waals surface area contributed by atoms with Gasteiger partial charge in [-0.3, -0.25) is 4.90 Å². The van der Waals surface area contributed by atoms with E-state index in [4.69, 9.17) is 0 Å². The number of likely N-dealkylation sites (tertiary alicyclic amines) is 1. The van der Waals surface area contributed by atoms with E-state index < -0.39 is 0 Å². The molecule has 1 nitrogen and oxygen atoms in total. The van der Waals surface area contributed by atoms with Crippen LogP contribution in [0.25, 0.3) is 0 Å². The molecule has 2 rings (SSSR count). The van der Waals surface area contributed by atoms with E-state index >= 15 is 0 Å². The molecule has 0 bridgehead atoms. The minimum absolute atomic E-state index is 0.900. The predicted molar refractivity (Wildman–Crippen MR) is 38.4 cm³/mol. The van der Waals surface area contributed by atoms with Crippen LogP contribution in [0.2, 0.25) is 0 Å². The van der Waals surface area contributed by atoms with Gasteiger partial charge in [0.1, 0.15) is 0 Å². The molecule has 1 aliphatic heterocycles. The Morgan fingerprint density at radius 2 is 2.00 bits per heavy atom. The average molecular weight is 125 g/mol. The second-order valence-corrected chi connectivity index (χ2v) is 3.46. The quantitative estimate of drug-likeness (QED) is 0.515. The van der Waals surface area contributed by atoms with Crippen molar-refractivity contribution in [1.82, 2.24) is 4.90 Å². The molecule has 9 heavy (non-hydrogen) atoms. The van der Waals surface area contributed by atoms with Gasteiger partial charge < -0.3 is 0 Å². The molecular formula is C8H15N. The number of rotatable bonds is 1. The summed E-state index contributed by atoms with van der Waals surface area (Å²) in [5.74, 6) is 0. The monoisotopic (exact) mass is 125 g/mol. The summed E-state index contributed by atoms with van der Waals surface area (Å²) >= 11 is 0. The second kappa shape index (κ2) is 1.98. The van der Waals surface area contributed by atoms with Crippen LogP contribution in [-0.4, -0.2) is 23.5 Å². The molecule has 0 aromatic carbocycles. The van der Waals surface area contributed by atoms with Crippen LogP contribution in [0.15, 0.2) is 0 Å². The van der Waals surface area contributed by atoms with Gasteiger partial charge in [0.15, 0.2) is 0 Å². The maximum Gasteiger partial charge on any atom is 0.00992 e. The van der Waals surface area contributed by atoms with E-state index in [0.717, 1.165) is 12.1 Å². The molecule has 0 radical (unpaired) electrons. The summed E-state index contributed by atoms with van der Waals surface area (Å²) < 4.78 is 0. The lowest BCUT2D eigenvalue weighted by Gasteiger charge is -2.19. The molecular weight excluding hydrogens is 110 g/mol. The molecule has 1 saturated carbocycles. The molecule has 2 aliphatic rings. The van der Waals surface area contributed by atoms with Crippen LogP contribution in [-0.2, 0) is 0 Å². The maximum absolute atomic E-state index is 2.68. The van der Waals surface area contributed by atoms with Crippen molar-refractivity contribution in [3.8, 4) is 0 Å². The summed E-state index contributed by atoms with van der Waals surface area (Å²) in [6.45, 7) is 3.75. The fourth-order valence-electron chi connectivity index (χ4n) is 1.90. The van der Waals surface area contributed by atoms with Gasteiger partial charge in [-0.25, -0.2) is 0 Å². The van der Waals surface area contributed by atoms with Crippen molar-refractivity contribution in [3.05, 3.63) is 0 Å². The zero-order valence-electron chi connectivity index (χ0n) is 6.14. The van der Waals surface area contributed by atoms with Gasteiger partial charge in [-0.15, -0.1) is 0 Å². The first-order chi connectivity index (χ1) is 4.38. The van der Waals surface area contributed by atoms with Crippen LogP contribution < -0.4 is 0 Å². The van der Waals surface area contributed by atoms with Gasteiger partial charge in [0.05, 0.1) is 0 Å². The first-order valence-corrected chi connectivity index (χ1v) is 4.13. The molecule has 0 aromatic rings. The van der Waals surface area contributed by atoms with Crippen molar-refractivity contribution in [2.45, 2.75) is 44.7 Å². The normalized spacial score (nSPS) is 37.7. The highest BCUT2D eigenvalue weighted by Crippen LogP contribution is 2.32. The highest BCUT2D eigenvalue weighted by atomic mass is 15.2. The molecule has 1 heteroatoms. The summed E-state index contributed by atoms with van der Waals surface area (Å²) in [6.07, 6.45) is 5.84. The van der Waals surface area contributed by atoms with Crippen molar-refractivity contribution in [2.75, 3.05) is 6.54 Å². The smallest absolute Gasteiger partial charge is 0.00992 e. The Hall–Kier alpha value is -0.0400. The minimum atomic E-state index is 0.900. The van der Waals surface area contributed by atoms with E-state index in [0.29, 0.717) is 0 Å². The molecule has 1 unspecified atom stereocenters. The average Bonchev–Trinajstić information content (AvgIpc) is 2.58. The Morgan fingerprint density at radius 3 is 2.44 bits per heavy atom. The molecule has 1 aliphatic carbocycles. The van der Waals surface area contributed by atoms with Crippen LogP contribution in [0.3, 0.4) is 0 Å². The van der Waals surface area contributed by atoms with E-state index in [9.17, 15) is 0 Å². The van der Waals surface area contributed by atoms with Crippen LogP contribution in [0.4, 0.5) is 0 Å². The number of hydrogen-bond acceptors (Lipinski definition) is 1. The summed E-state index contributed by atoms with van der Waals surface area (Å²) in [5.41, 5.74) is 0. The lowest BCUT2D eigenvalue weighted by molar-refractivity contribution is 0.258. The third-order valence-corrected chi connectivity index (χ3v) is 2.62. The summed E-state index contributed by atoms with van der Waals surface area (Å²) in [5, 5.41) is 0. The van der Waals surface area contributed by atoms with E-state index in [-0.39, 0.29) is 0 Å². The molecule has 52 valence electrons. The maximum atomic E-state index is 2.68. The van der Waals surface area contributed by atoms with Crippen LogP contribution >= 0.6 is 0 Å². The molecule has 0 N–H and O–H groups in total. The molecule has 0 spiro atoms. The second-order valence-electron chi connectivity index (χ2n) is 3.46. The lowest BCUT2D eigenvalue weighted by atomic mass is 10.2. The highest BCUT2D eigenvalue weighted by Gasteiger charge is 2.34. The van der Waals surface area contributed by atoms with Crippen LogP contribution in [0, 0.1) is 0 Å². The van der Waals surface area contributed by atoms with Crippen molar-refractivity contribution >= 4 is 0 Å². The first kappa shape index (κ1) is 5.72.